The molecule has 0 radical (unpaired) electrons. The number of aromatic nitrogens is 4. The number of hydrogen-bond donors (Lipinski definition) is 2. The Hall–Kier alpha value is -3.12. The summed E-state index contributed by atoms with van der Waals surface area (Å²) in [5.41, 5.74) is 4.04. The molecule has 0 unspecified atom stereocenters. The van der Waals surface area contributed by atoms with E-state index in [1.807, 2.05) is 37.4 Å². The number of halogens is 1. The second-order valence-electron chi connectivity index (χ2n) is 6.20. The van der Waals surface area contributed by atoms with Gasteiger partial charge in [-0.25, -0.2) is 4.98 Å². The van der Waals surface area contributed by atoms with E-state index in [4.69, 9.17) is 11.6 Å². The third kappa shape index (κ3) is 3.31. The van der Waals surface area contributed by atoms with Crippen LogP contribution in [0.1, 0.15) is 24.4 Å². The van der Waals surface area contributed by atoms with Crippen molar-refractivity contribution in [2.45, 2.75) is 13.5 Å². The average Bonchev–Trinajstić information content (AvgIpc) is 3.36. The van der Waals surface area contributed by atoms with Crippen molar-refractivity contribution in [3.63, 3.8) is 0 Å². The minimum Gasteiger partial charge on any atom is -0.357 e. The third-order valence-corrected chi connectivity index (χ3v) is 4.82. The van der Waals surface area contributed by atoms with Crippen LogP contribution in [0.3, 0.4) is 0 Å². The van der Waals surface area contributed by atoms with Gasteiger partial charge in [0.25, 0.3) is 5.91 Å². The van der Waals surface area contributed by atoms with Crippen molar-refractivity contribution >= 4 is 28.5 Å². The van der Waals surface area contributed by atoms with Crippen molar-refractivity contribution in [3.05, 3.63) is 71.5 Å². The lowest BCUT2D eigenvalue weighted by Gasteiger charge is -2.20. The van der Waals surface area contributed by atoms with E-state index in [0.717, 1.165) is 27.7 Å². The first-order valence-electron chi connectivity index (χ1n) is 8.66. The van der Waals surface area contributed by atoms with Crippen LogP contribution in [0.2, 0.25) is 5.02 Å². The molecular formula is C20H20ClN5O. The van der Waals surface area contributed by atoms with Crippen LogP contribution < -0.4 is 0 Å². The SMILES string of the molecule is CCN(Cc1ccncc1)C(=O)c1cc(-c2c(Cl)cnc3[nH]ccc23)c[nH]1.[HH]. The Labute approximate surface area is 162 Å². The van der Waals surface area contributed by atoms with Gasteiger partial charge in [-0.2, -0.15) is 0 Å². The number of hydrogen-bond acceptors (Lipinski definition) is 3. The molecule has 0 saturated heterocycles. The molecule has 1 amide bonds. The summed E-state index contributed by atoms with van der Waals surface area (Å²) < 4.78 is 0. The monoisotopic (exact) mass is 381 g/mol. The largest absolute Gasteiger partial charge is 0.357 e. The Bertz CT molecular complexity index is 1090. The maximum atomic E-state index is 13.0. The van der Waals surface area contributed by atoms with Crippen molar-refractivity contribution in [1.29, 1.82) is 0 Å². The molecule has 27 heavy (non-hydrogen) atoms. The standard InChI is InChI=1S/C20H18ClN5O.H2/c1-2-26(12-13-3-6-22-7-4-13)20(27)17-9-14(10-24-17)18-15-5-8-23-19(15)25-11-16(18)21;/h3-11,24H,2,12H2,1H3,(H,23,25);1H. The number of pyridine rings is 2. The van der Waals surface area contributed by atoms with E-state index >= 15 is 0 Å². The van der Waals surface area contributed by atoms with E-state index in [1.54, 1.807) is 29.7 Å². The third-order valence-electron chi connectivity index (χ3n) is 4.53. The first-order valence-corrected chi connectivity index (χ1v) is 9.03. The predicted molar refractivity (Wildman–Crippen MR) is 108 cm³/mol. The number of H-pyrrole nitrogens is 2. The number of nitrogens with one attached hydrogen (secondary N) is 2. The predicted octanol–water partition coefficient (Wildman–Crippen LogP) is 4.51. The van der Waals surface area contributed by atoms with Crippen LogP contribution in [-0.4, -0.2) is 37.3 Å². The molecule has 0 atom stereocenters. The molecule has 6 nitrogen and oxygen atoms in total. The van der Waals surface area contributed by atoms with Gasteiger partial charge in [0.15, 0.2) is 0 Å². The average molecular weight is 382 g/mol. The summed E-state index contributed by atoms with van der Waals surface area (Å²) in [5, 5.41) is 1.47. The number of amides is 1. The van der Waals surface area contributed by atoms with Gasteiger partial charge in [-0.15, -0.1) is 0 Å². The van der Waals surface area contributed by atoms with Crippen molar-refractivity contribution < 1.29 is 6.22 Å². The zero-order chi connectivity index (χ0) is 18.8. The van der Waals surface area contributed by atoms with Crippen molar-refractivity contribution in [2.24, 2.45) is 0 Å². The molecular weight excluding hydrogens is 362 g/mol. The minimum atomic E-state index is -0.0592. The van der Waals surface area contributed by atoms with E-state index in [1.165, 1.54) is 0 Å². The molecule has 0 aliphatic carbocycles. The molecule has 4 heterocycles. The highest BCUT2D eigenvalue weighted by Crippen LogP contribution is 2.34. The maximum absolute atomic E-state index is 13.0. The molecule has 0 aromatic carbocycles. The smallest absolute Gasteiger partial charge is 0.270 e. The zero-order valence-corrected chi connectivity index (χ0v) is 15.5. The van der Waals surface area contributed by atoms with Crippen LogP contribution in [0, 0.1) is 0 Å². The second kappa shape index (κ2) is 7.25. The number of rotatable bonds is 5. The first kappa shape index (κ1) is 17.3. The normalized spacial score (nSPS) is 11.0. The number of carbonyl (C=O) groups excluding carboxylic acids is 1. The van der Waals surface area contributed by atoms with Crippen molar-refractivity contribution in [1.82, 2.24) is 24.8 Å². The summed E-state index contributed by atoms with van der Waals surface area (Å²) in [5.74, 6) is -0.0592. The molecule has 0 saturated carbocycles. The summed E-state index contributed by atoms with van der Waals surface area (Å²) in [6, 6.07) is 7.59. The van der Waals surface area contributed by atoms with Gasteiger partial charge in [-0.3, -0.25) is 9.78 Å². The quantitative estimate of drug-likeness (QED) is 0.533. The van der Waals surface area contributed by atoms with Crippen LogP contribution in [0.4, 0.5) is 0 Å². The van der Waals surface area contributed by atoms with E-state index in [9.17, 15) is 4.79 Å². The van der Waals surface area contributed by atoms with E-state index in [0.29, 0.717) is 23.8 Å². The fraction of sp³-hybridized carbons (Fsp3) is 0.150. The lowest BCUT2D eigenvalue weighted by Crippen LogP contribution is -2.30. The Morgan fingerprint density at radius 1 is 1.26 bits per heavy atom. The molecule has 4 aromatic rings. The molecule has 7 heteroatoms. The maximum Gasteiger partial charge on any atom is 0.270 e. The number of fused-ring (bicyclic) bond motifs is 1. The van der Waals surface area contributed by atoms with Crippen LogP contribution in [0.25, 0.3) is 22.2 Å². The zero-order valence-electron chi connectivity index (χ0n) is 14.7. The van der Waals surface area contributed by atoms with Crippen LogP contribution in [0.15, 0.2) is 55.2 Å². The highest BCUT2D eigenvalue weighted by Gasteiger charge is 2.19. The van der Waals surface area contributed by atoms with Crippen LogP contribution in [-0.2, 0) is 6.54 Å². The summed E-state index contributed by atoms with van der Waals surface area (Å²) in [7, 11) is 0. The number of aromatic amines is 2. The van der Waals surface area contributed by atoms with Crippen LogP contribution >= 0.6 is 11.6 Å². The molecule has 0 aliphatic rings. The molecule has 0 aliphatic heterocycles. The Morgan fingerprint density at radius 2 is 2.07 bits per heavy atom. The molecule has 0 spiro atoms. The van der Waals surface area contributed by atoms with E-state index in [-0.39, 0.29) is 7.33 Å². The second-order valence-corrected chi connectivity index (χ2v) is 6.61. The Kier molecular flexibility index (Phi) is 4.64. The van der Waals surface area contributed by atoms with Gasteiger partial charge in [0.1, 0.15) is 11.3 Å². The van der Waals surface area contributed by atoms with Gasteiger partial charge in [0, 0.05) is 62.0 Å². The highest BCUT2D eigenvalue weighted by molar-refractivity contribution is 6.34. The number of nitrogens with zero attached hydrogens (tertiary/aromatic N) is 3. The lowest BCUT2D eigenvalue weighted by molar-refractivity contribution is 0.0747. The summed E-state index contributed by atoms with van der Waals surface area (Å²) in [6.45, 7) is 3.10. The Balaban J connectivity index is 0.00000225. The molecule has 0 bridgehead atoms. The van der Waals surface area contributed by atoms with Gasteiger partial charge >= 0.3 is 0 Å². The summed E-state index contributed by atoms with van der Waals surface area (Å²) in [4.78, 5) is 29.2. The van der Waals surface area contributed by atoms with Crippen LogP contribution in [0.5, 0.6) is 0 Å². The van der Waals surface area contributed by atoms with Gasteiger partial charge in [-0.1, -0.05) is 11.6 Å². The highest BCUT2D eigenvalue weighted by atomic mass is 35.5. The summed E-state index contributed by atoms with van der Waals surface area (Å²) in [6.07, 6.45) is 8.71. The lowest BCUT2D eigenvalue weighted by atomic mass is 10.1. The molecule has 2 N–H and O–H groups in total. The summed E-state index contributed by atoms with van der Waals surface area (Å²) >= 11 is 6.39. The topological polar surface area (TPSA) is 77.7 Å². The van der Waals surface area contributed by atoms with Crippen molar-refractivity contribution in [2.75, 3.05) is 6.54 Å². The molecule has 138 valence electrons. The van der Waals surface area contributed by atoms with E-state index in [2.05, 4.69) is 19.9 Å². The molecule has 4 rings (SSSR count). The number of carbonyl (C=O) groups is 1. The first-order chi connectivity index (χ1) is 13.2. The molecule has 0 fully saturated rings. The fourth-order valence-corrected chi connectivity index (χ4v) is 3.40. The van der Waals surface area contributed by atoms with E-state index < -0.39 is 0 Å². The Morgan fingerprint density at radius 3 is 2.85 bits per heavy atom. The van der Waals surface area contributed by atoms with Gasteiger partial charge in [0.2, 0.25) is 0 Å². The van der Waals surface area contributed by atoms with Gasteiger partial charge in [-0.05, 0) is 36.8 Å². The molecule has 4 aromatic heterocycles. The minimum absolute atomic E-state index is 0. The fourth-order valence-electron chi connectivity index (χ4n) is 3.15. The van der Waals surface area contributed by atoms with Gasteiger partial charge in [0.05, 0.1) is 5.02 Å². The van der Waals surface area contributed by atoms with Crippen molar-refractivity contribution in [3.8, 4) is 11.1 Å². The van der Waals surface area contributed by atoms with Gasteiger partial charge < -0.3 is 14.9 Å².